The zero-order chi connectivity index (χ0) is 46.5. The zero-order valence-electron chi connectivity index (χ0n) is 40.0. The molecule has 286 valence electrons. The van der Waals surface area contributed by atoms with E-state index in [1.54, 1.807) is 57.9 Å². The standard InChI is InChI=1S/C51H45F2N5/c1-33-18-20-34(21-19-33)40-13-8-9-14-42(40)57-32-56(43-15-10-11-16-44(43)57)39-28-37(50(5,6)7)27-38(29-39)51(52,53)36-22-23-41-46(30-36)58(45-17-12-25-55-48(41)45)47-31-35(24-26-54-47)49(2,3)4/h8-31H,1-7H3/q+2/i1D3,18D,19D,20D,21D. The number of alkyl halides is 2. The van der Waals surface area contributed by atoms with E-state index in [0.717, 1.165) is 11.1 Å². The maximum Gasteiger partial charge on any atom is 0.503 e. The molecule has 0 radical (unpaired) electrons. The minimum absolute atomic E-state index is 0.0810. The van der Waals surface area contributed by atoms with Gasteiger partial charge in [-0.3, -0.25) is 9.55 Å². The second-order valence-electron chi connectivity index (χ2n) is 16.7. The molecule has 3 aromatic heterocycles. The molecule has 8 aromatic rings. The largest absolute Gasteiger partial charge is 0.503 e. The molecular weight excluding hydrogens is 721 g/mol. The number of hydrogen-bond acceptors (Lipinski definition) is 2. The summed E-state index contributed by atoms with van der Waals surface area (Å²) >= 11 is 0. The average Bonchev–Trinajstić information content (AvgIpc) is 3.81. The van der Waals surface area contributed by atoms with Crippen LogP contribution in [-0.2, 0) is 16.8 Å². The first-order valence-corrected chi connectivity index (χ1v) is 19.1. The molecule has 1 aliphatic heterocycles. The maximum atomic E-state index is 17.6. The van der Waals surface area contributed by atoms with Crippen LogP contribution in [0.5, 0.6) is 0 Å². The highest BCUT2D eigenvalue weighted by atomic mass is 19.3. The molecule has 58 heavy (non-hydrogen) atoms. The van der Waals surface area contributed by atoms with Crippen molar-refractivity contribution in [2.24, 2.45) is 0 Å². The van der Waals surface area contributed by atoms with Crippen LogP contribution in [0.1, 0.15) is 79.0 Å². The van der Waals surface area contributed by atoms with E-state index in [1.807, 2.05) is 79.9 Å². The van der Waals surface area contributed by atoms with Gasteiger partial charge in [0.05, 0.1) is 27.6 Å². The van der Waals surface area contributed by atoms with Crippen molar-refractivity contribution in [2.75, 3.05) is 0 Å². The number of fused-ring (bicyclic) bond motifs is 4. The van der Waals surface area contributed by atoms with Crippen molar-refractivity contribution in [3.05, 3.63) is 174 Å². The van der Waals surface area contributed by atoms with E-state index in [0.29, 0.717) is 56.1 Å². The summed E-state index contributed by atoms with van der Waals surface area (Å²) in [6, 6.07) is 32.5. The van der Waals surface area contributed by atoms with Crippen molar-refractivity contribution in [1.29, 1.82) is 0 Å². The lowest BCUT2D eigenvalue weighted by Crippen LogP contribution is -2.19. The first-order valence-electron chi connectivity index (χ1n) is 22.6. The number of aromatic nitrogens is 3. The number of pyridine rings is 2. The van der Waals surface area contributed by atoms with Gasteiger partial charge in [0.2, 0.25) is 11.4 Å². The summed E-state index contributed by atoms with van der Waals surface area (Å²) in [5.41, 5.74) is 4.09. The van der Waals surface area contributed by atoms with Crippen LogP contribution >= 0.6 is 0 Å². The van der Waals surface area contributed by atoms with Crippen LogP contribution in [0.2, 0.25) is 0 Å². The highest BCUT2D eigenvalue weighted by molar-refractivity contribution is 6.07. The molecule has 5 aromatic carbocycles. The van der Waals surface area contributed by atoms with Crippen LogP contribution in [0.25, 0.3) is 38.9 Å². The Morgan fingerprint density at radius 1 is 0.621 bits per heavy atom. The van der Waals surface area contributed by atoms with E-state index < -0.39 is 47.9 Å². The molecular formula is C51H45F2N5+2. The van der Waals surface area contributed by atoms with Crippen LogP contribution in [0, 0.1) is 6.85 Å². The molecule has 0 spiro atoms. The zero-order valence-corrected chi connectivity index (χ0v) is 33.0. The third-order valence-electron chi connectivity index (χ3n) is 10.7. The molecule has 4 heterocycles. The summed E-state index contributed by atoms with van der Waals surface area (Å²) in [5, 5.41) is 0.715. The minimum Gasteiger partial charge on any atom is -0.292 e. The van der Waals surface area contributed by atoms with E-state index in [1.165, 1.54) is 18.2 Å². The van der Waals surface area contributed by atoms with Crippen LogP contribution in [-0.4, -0.2) is 20.5 Å². The number of rotatable bonds is 6. The molecule has 9 rings (SSSR count). The van der Waals surface area contributed by atoms with Crippen LogP contribution < -0.4 is 9.15 Å². The van der Waals surface area contributed by atoms with Gasteiger partial charge in [0, 0.05) is 63.4 Å². The van der Waals surface area contributed by atoms with Gasteiger partial charge in [0.15, 0.2) is 0 Å². The number of benzene rings is 5. The Kier molecular flexibility index (Phi) is 6.92. The molecule has 0 unspecified atom stereocenters. The fourth-order valence-corrected chi connectivity index (χ4v) is 7.56. The van der Waals surface area contributed by atoms with Crippen LogP contribution in [0.15, 0.2) is 146 Å². The number of halogens is 2. The highest BCUT2D eigenvalue weighted by Crippen LogP contribution is 2.44. The number of para-hydroxylation sites is 3. The van der Waals surface area contributed by atoms with Gasteiger partial charge in [-0.25, -0.2) is 4.98 Å². The summed E-state index contributed by atoms with van der Waals surface area (Å²) in [6.07, 6.45) is 3.43. The van der Waals surface area contributed by atoms with E-state index in [-0.39, 0.29) is 22.1 Å². The molecule has 0 N–H and O–H groups in total. The quantitative estimate of drug-likeness (QED) is 0.158. The second kappa shape index (κ2) is 13.5. The van der Waals surface area contributed by atoms with Gasteiger partial charge in [-0.05, 0) is 86.0 Å². The van der Waals surface area contributed by atoms with Gasteiger partial charge in [-0.2, -0.15) is 8.78 Å². The fraction of sp³-hybridized carbons (Fsp3) is 0.196. The molecule has 0 aliphatic carbocycles. The van der Waals surface area contributed by atoms with Crippen molar-refractivity contribution in [3.63, 3.8) is 0 Å². The minimum atomic E-state index is -3.50. The molecule has 7 heteroatoms. The van der Waals surface area contributed by atoms with Crippen molar-refractivity contribution < 1.29 is 18.4 Å². The molecule has 0 fully saturated rings. The van der Waals surface area contributed by atoms with E-state index in [4.69, 9.17) is 14.6 Å². The lowest BCUT2D eigenvalue weighted by atomic mass is 9.84. The normalized spacial score (nSPS) is 15.1. The molecule has 0 saturated carbocycles. The van der Waals surface area contributed by atoms with Gasteiger partial charge in [0.25, 0.3) is 17.3 Å². The van der Waals surface area contributed by atoms with Gasteiger partial charge < -0.3 is 0 Å². The number of nitrogens with zero attached hydrogens (tertiary/aromatic N) is 5. The topological polar surface area (TPSA) is 36.7 Å². The van der Waals surface area contributed by atoms with Gasteiger partial charge in [0.1, 0.15) is 5.82 Å². The Hall–Kier alpha value is -6.56. The number of hydrogen-bond donors (Lipinski definition) is 0. The van der Waals surface area contributed by atoms with E-state index in [2.05, 4.69) is 31.8 Å². The molecule has 1 aliphatic rings. The van der Waals surface area contributed by atoms with Gasteiger partial charge in [-0.1, -0.05) is 108 Å². The first kappa shape index (κ1) is 29.6. The maximum absolute atomic E-state index is 17.6. The molecule has 0 atom stereocenters. The summed E-state index contributed by atoms with van der Waals surface area (Å²) in [6.45, 7) is 9.36. The average molecular weight is 773 g/mol. The van der Waals surface area contributed by atoms with Crippen molar-refractivity contribution in [1.82, 2.24) is 23.7 Å². The first-order chi connectivity index (χ1) is 30.6. The Morgan fingerprint density at radius 2 is 1.31 bits per heavy atom. The third kappa shape index (κ3) is 6.32. The van der Waals surface area contributed by atoms with E-state index >= 15 is 8.78 Å². The van der Waals surface area contributed by atoms with Gasteiger partial charge >= 0.3 is 6.01 Å². The molecule has 0 bridgehead atoms. The molecule has 0 amide bonds. The van der Waals surface area contributed by atoms with Crippen LogP contribution in [0.3, 0.4) is 0 Å². The van der Waals surface area contributed by atoms with Crippen molar-refractivity contribution in [3.8, 4) is 16.9 Å². The third-order valence-corrected chi connectivity index (χ3v) is 10.7. The summed E-state index contributed by atoms with van der Waals surface area (Å²) in [7, 11) is 0. The predicted octanol–water partition coefficient (Wildman–Crippen LogP) is 13.1. The van der Waals surface area contributed by atoms with Crippen molar-refractivity contribution >= 4 is 50.7 Å². The second-order valence-corrected chi connectivity index (χ2v) is 16.7. The SMILES string of the molecule is [2H]c1c([2H])c(C([2H])([2H])[2H])c([2H])c([2H])c1-c1ccccc1[N+]1=C=[N+](c2cc(C(C)(C)C)cc(C(F)(F)c3ccc4c5ncccc5n(-c5cc(C(C)(C)C)ccn5)c4c3)c2)c2ccccc21. The highest BCUT2D eigenvalue weighted by Gasteiger charge is 2.41. The lowest BCUT2D eigenvalue weighted by Gasteiger charge is -2.23. The van der Waals surface area contributed by atoms with Crippen LogP contribution in [0.4, 0.5) is 31.5 Å². The van der Waals surface area contributed by atoms with Crippen molar-refractivity contribution in [2.45, 2.75) is 65.1 Å². The molecule has 5 nitrogen and oxygen atoms in total. The van der Waals surface area contributed by atoms with E-state index in [9.17, 15) is 0 Å². The molecule has 0 saturated heterocycles. The van der Waals surface area contributed by atoms with Gasteiger partial charge in [-0.15, -0.1) is 0 Å². The summed E-state index contributed by atoms with van der Waals surface area (Å²) < 4.78 is 99.2. The lowest BCUT2D eigenvalue weighted by molar-refractivity contribution is 0.0428. The summed E-state index contributed by atoms with van der Waals surface area (Å²) in [4.78, 5) is 9.37. The Morgan fingerprint density at radius 3 is 2.03 bits per heavy atom. The predicted molar refractivity (Wildman–Crippen MR) is 234 cm³/mol. The Bertz CT molecular complexity index is 3320. The fourth-order valence-electron chi connectivity index (χ4n) is 7.56. The smallest absolute Gasteiger partial charge is 0.292 e. The Labute approximate surface area is 347 Å². The Balaban J connectivity index is 1.24. The monoisotopic (exact) mass is 772 g/mol. The summed E-state index contributed by atoms with van der Waals surface area (Å²) in [5.74, 6) is -2.90.